The van der Waals surface area contributed by atoms with Gasteiger partial charge in [0, 0.05) is 24.0 Å². The van der Waals surface area contributed by atoms with Crippen molar-refractivity contribution in [3.8, 4) is 0 Å². The fourth-order valence-electron chi connectivity index (χ4n) is 3.39. The number of carboxylic acid groups (broad SMARTS) is 1. The van der Waals surface area contributed by atoms with E-state index in [0.29, 0.717) is 18.2 Å². The summed E-state index contributed by atoms with van der Waals surface area (Å²) in [5, 5.41) is 10.1. The molecule has 6 heteroatoms. The zero-order valence-corrected chi connectivity index (χ0v) is 15.6. The third-order valence-corrected chi connectivity index (χ3v) is 5.14. The summed E-state index contributed by atoms with van der Waals surface area (Å²) in [6.45, 7) is 0.988. The molecule has 0 aromatic heterocycles. The van der Waals surface area contributed by atoms with Gasteiger partial charge in [0.2, 0.25) is 5.91 Å². The van der Waals surface area contributed by atoms with Crippen LogP contribution in [0.2, 0.25) is 5.02 Å². The smallest absolute Gasteiger partial charge is 0.308 e. The van der Waals surface area contributed by atoms with E-state index in [0.717, 1.165) is 17.5 Å². The van der Waals surface area contributed by atoms with Crippen LogP contribution in [0.4, 0.5) is 0 Å². The molecule has 2 aromatic carbocycles. The Kier molecular flexibility index (Phi) is 6.48. The molecule has 1 aliphatic heterocycles. The van der Waals surface area contributed by atoms with Crippen molar-refractivity contribution in [3.05, 3.63) is 70.7 Å². The van der Waals surface area contributed by atoms with Crippen molar-refractivity contribution in [3.63, 3.8) is 0 Å². The van der Waals surface area contributed by atoms with Crippen LogP contribution < -0.4 is 0 Å². The number of nitrogens with zero attached hydrogens (tertiary/aromatic N) is 1. The highest BCUT2D eigenvalue weighted by Gasteiger charge is 2.40. The van der Waals surface area contributed by atoms with Gasteiger partial charge >= 0.3 is 5.97 Å². The quantitative estimate of drug-likeness (QED) is 0.741. The molecule has 0 radical (unpaired) electrons. The molecule has 1 aliphatic rings. The van der Waals surface area contributed by atoms with Crippen LogP contribution in [0.5, 0.6) is 0 Å². The Labute approximate surface area is 163 Å². The summed E-state index contributed by atoms with van der Waals surface area (Å²) in [4.78, 5) is 25.7. The summed E-state index contributed by atoms with van der Waals surface area (Å²) in [5.41, 5.74) is 2.03. The molecule has 0 unspecified atom stereocenters. The normalized spacial score (nSPS) is 19.2. The van der Waals surface area contributed by atoms with Gasteiger partial charge in [0.1, 0.15) is 6.61 Å². The highest BCUT2D eigenvalue weighted by molar-refractivity contribution is 6.30. The van der Waals surface area contributed by atoms with Crippen LogP contribution in [-0.2, 0) is 20.7 Å². The first-order chi connectivity index (χ1) is 13.0. The first-order valence-electron chi connectivity index (χ1n) is 8.92. The number of benzene rings is 2. The maximum atomic E-state index is 12.4. The molecule has 3 rings (SSSR count). The minimum atomic E-state index is -0.893. The van der Waals surface area contributed by atoms with Crippen LogP contribution >= 0.6 is 11.6 Å². The maximum Gasteiger partial charge on any atom is 0.308 e. The average Bonchev–Trinajstić information content (AvgIpc) is 3.12. The number of aliphatic carboxylic acids is 1. The Morgan fingerprint density at radius 2 is 1.78 bits per heavy atom. The van der Waals surface area contributed by atoms with Crippen LogP contribution in [0.3, 0.4) is 0 Å². The van der Waals surface area contributed by atoms with Crippen molar-refractivity contribution >= 4 is 23.5 Å². The molecule has 1 heterocycles. The molecule has 142 valence electrons. The topological polar surface area (TPSA) is 66.8 Å². The predicted octanol–water partition coefficient (Wildman–Crippen LogP) is 3.23. The van der Waals surface area contributed by atoms with Gasteiger partial charge in [0.05, 0.1) is 12.5 Å². The molecule has 1 saturated heterocycles. The first kappa shape index (κ1) is 19.4. The van der Waals surface area contributed by atoms with E-state index < -0.39 is 11.9 Å². The maximum absolute atomic E-state index is 12.4. The van der Waals surface area contributed by atoms with Gasteiger partial charge in [-0.2, -0.15) is 0 Å². The van der Waals surface area contributed by atoms with Crippen LogP contribution in [-0.4, -0.2) is 48.2 Å². The van der Waals surface area contributed by atoms with Crippen LogP contribution in [0.15, 0.2) is 54.6 Å². The molecule has 2 atom stereocenters. The van der Waals surface area contributed by atoms with E-state index in [-0.39, 0.29) is 25.0 Å². The Morgan fingerprint density at radius 3 is 2.44 bits per heavy atom. The monoisotopic (exact) mass is 387 g/mol. The average molecular weight is 388 g/mol. The largest absolute Gasteiger partial charge is 0.481 e. The highest BCUT2D eigenvalue weighted by Crippen LogP contribution is 2.33. The summed E-state index contributed by atoms with van der Waals surface area (Å²) in [6, 6.07) is 17.1. The number of carbonyl (C=O) groups excluding carboxylic acids is 1. The van der Waals surface area contributed by atoms with E-state index in [1.165, 1.54) is 0 Å². The molecule has 0 saturated carbocycles. The number of hydrogen-bond acceptors (Lipinski definition) is 3. The summed E-state index contributed by atoms with van der Waals surface area (Å²) in [5.74, 6) is -1.94. The Bertz CT molecular complexity index is 779. The minimum Gasteiger partial charge on any atom is -0.481 e. The second-order valence-corrected chi connectivity index (χ2v) is 7.13. The number of carbonyl (C=O) groups is 2. The van der Waals surface area contributed by atoms with Gasteiger partial charge in [-0.1, -0.05) is 54.1 Å². The summed E-state index contributed by atoms with van der Waals surface area (Å²) < 4.78 is 5.51. The molecule has 0 spiro atoms. The van der Waals surface area contributed by atoms with E-state index in [1.54, 1.807) is 17.0 Å². The van der Waals surface area contributed by atoms with Crippen molar-refractivity contribution < 1.29 is 19.4 Å². The third kappa shape index (κ3) is 5.08. The fraction of sp³-hybridized carbons (Fsp3) is 0.333. The second-order valence-electron chi connectivity index (χ2n) is 6.69. The summed E-state index contributed by atoms with van der Waals surface area (Å²) in [6.07, 6.45) is 0.735. The Balaban J connectivity index is 1.54. The molecular formula is C21H22ClNO4. The molecule has 2 aromatic rings. The van der Waals surface area contributed by atoms with Crippen molar-refractivity contribution in [2.75, 3.05) is 26.3 Å². The molecule has 0 bridgehead atoms. The van der Waals surface area contributed by atoms with Gasteiger partial charge in [0.25, 0.3) is 0 Å². The van der Waals surface area contributed by atoms with Gasteiger partial charge in [-0.25, -0.2) is 0 Å². The fourth-order valence-corrected chi connectivity index (χ4v) is 3.52. The zero-order valence-electron chi connectivity index (χ0n) is 14.9. The lowest BCUT2D eigenvalue weighted by Crippen LogP contribution is -2.33. The van der Waals surface area contributed by atoms with E-state index in [4.69, 9.17) is 16.3 Å². The van der Waals surface area contributed by atoms with Gasteiger partial charge < -0.3 is 14.7 Å². The predicted molar refractivity (Wildman–Crippen MR) is 103 cm³/mol. The number of ether oxygens (including phenoxy) is 1. The lowest BCUT2D eigenvalue weighted by Gasteiger charge is -2.16. The molecule has 27 heavy (non-hydrogen) atoms. The Morgan fingerprint density at radius 1 is 1.07 bits per heavy atom. The molecular weight excluding hydrogens is 366 g/mol. The van der Waals surface area contributed by atoms with E-state index in [1.807, 2.05) is 42.5 Å². The van der Waals surface area contributed by atoms with Crippen molar-refractivity contribution in [1.82, 2.24) is 4.90 Å². The van der Waals surface area contributed by atoms with Crippen LogP contribution in [0, 0.1) is 5.92 Å². The minimum absolute atomic E-state index is 0.0352. The molecule has 1 N–H and O–H groups in total. The van der Waals surface area contributed by atoms with E-state index in [9.17, 15) is 14.7 Å². The third-order valence-electron chi connectivity index (χ3n) is 4.89. The van der Waals surface area contributed by atoms with Gasteiger partial charge in [-0.3, -0.25) is 9.59 Å². The zero-order chi connectivity index (χ0) is 19.2. The summed E-state index contributed by atoms with van der Waals surface area (Å²) >= 11 is 5.91. The second kappa shape index (κ2) is 9.02. The number of carboxylic acids is 1. The van der Waals surface area contributed by atoms with Crippen LogP contribution in [0.1, 0.15) is 17.0 Å². The number of likely N-dealkylation sites (tertiary alicyclic amines) is 1. The number of amides is 1. The van der Waals surface area contributed by atoms with Crippen LogP contribution in [0.25, 0.3) is 0 Å². The number of halogens is 1. The van der Waals surface area contributed by atoms with E-state index in [2.05, 4.69) is 0 Å². The number of hydrogen-bond donors (Lipinski definition) is 1. The van der Waals surface area contributed by atoms with Gasteiger partial charge in [-0.05, 0) is 29.7 Å². The standard InChI is InChI=1S/C21H22ClNO4/c22-17-8-6-16(7-9-17)18-12-23(13-19(18)21(25)26)20(24)14-27-11-10-15-4-2-1-3-5-15/h1-9,18-19H,10-14H2,(H,25,26)/t18-,19+/m0/s1. The first-order valence-corrected chi connectivity index (χ1v) is 9.30. The SMILES string of the molecule is O=C(O)[C@@H]1CN(C(=O)COCCc2ccccc2)C[C@H]1c1ccc(Cl)cc1. The number of rotatable bonds is 7. The summed E-state index contributed by atoms with van der Waals surface area (Å²) in [7, 11) is 0. The van der Waals surface area contributed by atoms with Crippen molar-refractivity contribution in [2.24, 2.45) is 5.92 Å². The molecule has 0 aliphatic carbocycles. The molecule has 1 fully saturated rings. The highest BCUT2D eigenvalue weighted by atomic mass is 35.5. The molecule has 1 amide bonds. The lowest BCUT2D eigenvalue weighted by molar-refractivity contribution is -0.142. The van der Waals surface area contributed by atoms with Crippen molar-refractivity contribution in [1.29, 1.82) is 0 Å². The Hall–Kier alpha value is -2.37. The van der Waals surface area contributed by atoms with Gasteiger partial charge in [0.15, 0.2) is 0 Å². The van der Waals surface area contributed by atoms with Gasteiger partial charge in [-0.15, -0.1) is 0 Å². The lowest BCUT2D eigenvalue weighted by atomic mass is 9.89. The molecule has 5 nitrogen and oxygen atoms in total. The van der Waals surface area contributed by atoms with Crippen molar-refractivity contribution in [2.45, 2.75) is 12.3 Å². The van der Waals surface area contributed by atoms with E-state index >= 15 is 0 Å².